The van der Waals surface area contributed by atoms with Crippen LogP contribution in [0.15, 0.2) is 54.1 Å². The fraction of sp³-hybridized carbons (Fsp3) is 0.385. The third kappa shape index (κ3) is 5.54. The SMILES string of the molecule is CCCOc1ccc(/C(O)=C2\C(=O)C(=O)N(CCCOC)C2c2cccc(OCC)c2)cc1. The second-order valence-electron chi connectivity index (χ2n) is 7.72. The van der Waals surface area contributed by atoms with Gasteiger partial charge in [-0.1, -0.05) is 19.1 Å². The molecule has 1 aliphatic rings. The lowest BCUT2D eigenvalue weighted by atomic mass is 9.95. The van der Waals surface area contributed by atoms with Crippen LogP contribution >= 0.6 is 0 Å². The Bertz CT molecular complexity index is 998. The first-order valence-corrected chi connectivity index (χ1v) is 11.2. The number of likely N-dealkylation sites (tertiary alicyclic amines) is 1. The number of carbonyl (C=O) groups is 2. The molecule has 0 aromatic heterocycles. The lowest BCUT2D eigenvalue weighted by Crippen LogP contribution is -2.31. The minimum atomic E-state index is -0.724. The van der Waals surface area contributed by atoms with E-state index in [1.165, 1.54) is 4.90 Å². The summed E-state index contributed by atoms with van der Waals surface area (Å²) in [6.07, 6.45) is 1.45. The summed E-state index contributed by atoms with van der Waals surface area (Å²) in [6.45, 7) is 5.76. The topological polar surface area (TPSA) is 85.3 Å². The molecular formula is C26H31NO6. The predicted octanol–water partition coefficient (Wildman–Crippen LogP) is 4.33. The Morgan fingerprint density at radius 3 is 2.42 bits per heavy atom. The van der Waals surface area contributed by atoms with Crippen LogP contribution in [0.4, 0.5) is 0 Å². The highest BCUT2D eigenvalue weighted by molar-refractivity contribution is 6.46. The lowest BCUT2D eigenvalue weighted by molar-refractivity contribution is -0.140. The number of carbonyl (C=O) groups excluding carboxylic acids is 2. The molecule has 7 nitrogen and oxygen atoms in total. The second kappa shape index (κ2) is 11.5. The minimum Gasteiger partial charge on any atom is -0.507 e. The number of nitrogens with zero attached hydrogens (tertiary/aromatic N) is 1. The van der Waals surface area contributed by atoms with Crippen molar-refractivity contribution < 1.29 is 28.9 Å². The Morgan fingerprint density at radius 2 is 1.76 bits per heavy atom. The molecule has 0 spiro atoms. The number of ketones is 1. The van der Waals surface area contributed by atoms with Gasteiger partial charge in [0.05, 0.1) is 24.8 Å². The van der Waals surface area contributed by atoms with Crippen LogP contribution in [-0.4, -0.2) is 55.2 Å². The summed E-state index contributed by atoms with van der Waals surface area (Å²) in [7, 11) is 1.59. The number of methoxy groups -OCH3 is 1. The third-order valence-electron chi connectivity index (χ3n) is 5.37. The van der Waals surface area contributed by atoms with Gasteiger partial charge in [0, 0.05) is 25.8 Å². The van der Waals surface area contributed by atoms with Crippen LogP contribution in [0, 0.1) is 0 Å². The average Bonchev–Trinajstić information content (AvgIpc) is 3.08. The summed E-state index contributed by atoms with van der Waals surface area (Å²) < 4.78 is 16.3. The normalized spacial score (nSPS) is 17.4. The van der Waals surface area contributed by atoms with Gasteiger partial charge in [0.25, 0.3) is 11.7 Å². The molecule has 1 aliphatic heterocycles. The average molecular weight is 454 g/mol. The zero-order valence-corrected chi connectivity index (χ0v) is 19.4. The maximum absolute atomic E-state index is 13.1. The molecule has 1 atom stereocenters. The van der Waals surface area contributed by atoms with Crippen molar-refractivity contribution in [3.63, 3.8) is 0 Å². The molecule has 2 aromatic carbocycles. The van der Waals surface area contributed by atoms with E-state index in [0.717, 1.165) is 6.42 Å². The Kier molecular flexibility index (Phi) is 8.49. The van der Waals surface area contributed by atoms with Crippen LogP contribution in [0.25, 0.3) is 5.76 Å². The summed E-state index contributed by atoms with van der Waals surface area (Å²) in [5, 5.41) is 11.2. The fourth-order valence-electron chi connectivity index (χ4n) is 3.86. The number of Topliss-reactive ketones (excluding diaryl/α,β-unsaturated/α-hetero) is 1. The molecular weight excluding hydrogens is 422 g/mol. The number of aliphatic hydroxyl groups is 1. The van der Waals surface area contributed by atoms with Crippen LogP contribution in [0.1, 0.15) is 43.9 Å². The smallest absolute Gasteiger partial charge is 0.295 e. The van der Waals surface area contributed by atoms with E-state index in [2.05, 4.69) is 0 Å². The maximum Gasteiger partial charge on any atom is 0.295 e. The quantitative estimate of drug-likeness (QED) is 0.236. The van der Waals surface area contributed by atoms with Crippen molar-refractivity contribution in [2.45, 2.75) is 32.7 Å². The standard InChI is InChI=1S/C26H31NO6/c1-4-15-33-20-12-10-18(11-13-20)24(28)22-23(19-8-6-9-21(17-19)32-5-2)27(14-7-16-31-3)26(30)25(22)29/h6,8-13,17,23,28H,4-5,7,14-16H2,1-3H3/b24-22+. The molecule has 2 aromatic rings. The van der Waals surface area contributed by atoms with Crippen molar-refractivity contribution in [1.82, 2.24) is 4.90 Å². The molecule has 1 heterocycles. The highest BCUT2D eigenvalue weighted by atomic mass is 16.5. The largest absolute Gasteiger partial charge is 0.507 e. The first-order chi connectivity index (χ1) is 16.0. The van der Waals surface area contributed by atoms with E-state index in [-0.39, 0.29) is 11.3 Å². The van der Waals surface area contributed by atoms with Gasteiger partial charge >= 0.3 is 0 Å². The molecule has 1 unspecified atom stereocenters. The molecule has 0 radical (unpaired) electrons. The number of benzene rings is 2. The molecule has 3 rings (SSSR count). The zero-order chi connectivity index (χ0) is 23.8. The number of rotatable bonds is 11. The molecule has 33 heavy (non-hydrogen) atoms. The summed E-state index contributed by atoms with van der Waals surface area (Å²) in [5.41, 5.74) is 1.20. The summed E-state index contributed by atoms with van der Waals surface area (Å²) in [6, 6.07) is 13.4. The Balaban J connectivity index is 2.05. The first kappa shape index (κ1) is 24.3. The molecule has 1 fully saturated rings. The van der Waals surface area contributed by atoms with Crippen LogP contribution in [0.3, 0.4) is 0 Å². The minimum absolute atomic E-state index is 0.0632. The van der Waals surface area contributed by atoms with Crippen LogP contribution in [0.2, 0.25) is 0 Å². The van der Waals surface area contributed by atoms with Gasteiger partial charge in [-0.2, -0.15) is 0 Å². The van der Waals surface area contributed by atoms with Crippen LogP contribution < -0.4 is 9.47 Å². The first-order valence-electron chi connectivity index (χ1n) is 11.2. The highest BCUT2D eigenvalue weighted by Gasteiger charge is 2.45. The number of amides is 1. The Hall–Kier alpha value is -3.32. The Labute approximate surface area is 194 Å². The summed E-state index contributed by atoms with van der Waals surface area (Å²) in [4.78, 5) is 27.5. The lowest BCUT2D eigenvalue weighted by Gasteiger charge is -2.25. The zero-order valence-electron chi connectivity index (χ0n) is 19.4. The van der Waals surface area contributed by atoms with Crippen molar-refractivity contribution in [1.29, 1.82) is 0 Å². The van der Waals surface area contributed by atoms with E-state index in [9.17, 15) is 14.7 Å². The van der Waals surface area contributed by atoms with E-state index in [1.54, 1.807) is 37.4 Å². The van der Waals surface area contributed by atoms with E-state index in [1.807, 2.05) is 32.0 Å². The number of hydrogen-bond acceptors (Lipinski definition) is 6. The van der Waals surface area contributed by atoms with Gasteiger partial charge in [-0.05, 0) is 61.7 Å². The molecule has 1 N–H and O–H groups in total. The molecule has 7 heteroatoms. The van der Waals surface area contributed by atoms with Gasteiger partial charge in [-0.3, -0.25) is 9.59 Å². The third-order valence-corrected chi connectivity index (χ3v) is 5.37. The summed E-state index contributed by atoms with van der Waals surface area (Å²) in [5.74, 6) is -0.244. The van der Waals surface area contributed by atoms with E-state index >= 15 is 0 Å². The van der Waals surface area contributed by atoms with Crippen LogP contribution in [0.5, 0.6) is 11.5 Å². The van der Waals surface area contributed by atoms with E-state index in [4.69, 9.17) is 14.2 Å². The van der Waals surface area contributed by atoms with Gasteiger partial charge < -0.3 is 24.2 Å². The van der Waals surface area contributed by atoms with Gasteiger partial charge in [-0.25, -0.2) is 0 Å². The van der Waals surface area contributed by atoms with Crippen molar-refractivity contribution in [2.24, 2.45) is 0 Å². The number of aliphatic hydroxyl groups excluding tert-OH is 1. The molecule has 0 aliphatic carbocycles. The Morgan fingerprint density at radius 1 is 1.00 bits per heavy atom. The van der Waals surface area contributed by atoms with E-state index < -0.39 is 17.7 Å². The van der Waals surface area contributed by atoms with Crippen molar-refractivity contribution in [3.8, 4) is 11.5 Å². The molecule has 1 saturated heterocycles. The van der Waals surface area contributed by atoms with Gasteiger partial charge in [0.2, 0.25) is 0 Å². The van der Waals surface area contributed by atoms with Gasteiger partial charge in [-0.15, -0.1) is 0 Å². The highest BCUT2D eigenvalue weighted by Crippen LogP contribution is 2.40. The van der Waals surface area contributed by atoms with Gasteiger partial charge in [0.1, 0.15) is 17.3 Å². The summed E-state index contributed by atoms with van der Waals surface area (Å²) >= 11 is 0. The van der Waals surface area contributed by atoms with Crippen LogP contribution in [-0.2, 0) is 14.3 Å². The molecule has 0 saturated carbocycles. The maximum atomic E-state index is 13.1. The number of ether oxygens (including phenoxy) is 3. The molecule has 1 amide bonds. The molecule has 0 bridgehead atoms. The predicted molar refractivity (Wildman–Crippen MR) is 125 cm³/mol. The monoisotopic (exact) mass is 453 g/mol. The fourth-order valence-corrected chi connectivity index (χ4v) is 3.86. The van der Waals surface area contributed by atoms with Gasteiger partial charge in [0.15, 0.2) is 0 Å². The van der Waals surface area contributed by atoms with E-state index in [0.29, 0.717) is 55.4 Å². The van der Waals surface area contributed by atoms with Crippen molar-refractivity contribution >= 4 is 17.4 Å². The molecule has 176 valence electrons. The second-order valence-corrected chi connectivity index (χ2v) is 7.72. The number of hydrogen-bond donors (Lipinski definition) is 1. The van der Waals surface area contributed by atoms with Crippen molar-refractivity contribution in [2.75, 3.05) is 33.5 Å². The van der Waals surface area contributed by atoms with Crippen molar-refractivity contribution in [3.05, 3.63) is 65.2 Å².